The van der Waals surface area contributed by atoms with Gasteiger partial charge >= 0.3 is 0 Å². The summed E-state index contributed by atoms with van der Waals surface area (Å²) in [5, 5.41) is 9.25. The Kier molecular flexibility index (Phi) is 2.29. The van der Waals surface area contributed by atoms with Crippen molar-refractivity contribution in [2.75, 3.05) is 0 Å². The molecule has 0 aliphatic carbocycles. The van der Waals surface area contributed by atoms with Crippen molar-refractivity contribution in [3.63, 3.8) is 0 Å². The van der Waals surface area contributed by atoms with Gasteiger partial charge in [0.2, 0.25) is 0 Å². The maximum atomic E-state index is 9.25. The normalized spacial score (nSPS) is 11.6. The number of rotatable bonds is 0. The van der Waals surface area contributed by atoms with E-state index in [1.165, 1.54) is 0 Å². The van der Waals surface area contributed by atoms with Crippen molar-refractivity contribution >= 4 is 12.6 Å². The lowest BCUT2D eigenvalue weighted by Gasteiger charge is -2.20. The van der Waals surface area contributed by atoms with Crippen LogP contribution in [0.3, 0.4) is 0 Å². The maximum absolute atomic E-state index is 9.25. The Bertz CT molecular complexity index is 286. The Hall–Kier alpha value is -0.760. The van der Waals surface area contributed by atoms with Crippen LogP contribution in [-0.2, 0) is 5.41 Å². The molecule has 1 aromatic rings. The molecule has 12 heavy (non-hydrogen) atoms. The summed E-state index contributed by atoms with van der Waals surface area (Å²) in [5.41, 5.74) is 1.04. The molecule has 1 rings (SSSR count). The minimum Gasteiger partial charge on any atom is -0.508 e. The highest BCUT2D eigenvalue weighted by atomic mass is 32.1. The van der Waals surface area contributed by atoms with Gasteiger partial charge in [0, 0.05) is 4.90 Å². The van der Waals surface area contributed by atoms with E-state index < -0.39 is 0 Å². The second-order valence-electron chi connectivity index (χ2n) is 3.93. The van der Waals surface area contributed by atoms with E-state index in [1.807, 2.05) is 0 Å². The molecule has 65 valence electrons. The standard InChI is InChI=1S/C10H13OS/c1-10(2,3)8-6-7(11)4-5-9(8)12/h4-6,11H,1-3H3. The van der Waals surface area contributed by atoms with E-state index >= 15 is 0 Å². The molecule has 0 bridgehead atoms. The zero-order valence-electron chi connectivity index (χ0n) is 7.59. The monoisotopic (exact) mass is 181 g/mol. The SMILES string of the molecule is CC(C)(C)c1cc(O)ccc1[S]. The van der Waals surface area contributed by atoms with Gasteiger partial charge in [0.25, 0.3) is 0 Å². The molecule has 0 saturated carbocycles. The van der Waals surface area contributed by atoms with E-state index in [9.17, 15) is 5.11 Å². The molecule has 0 aliphatic heterocycles. The number of hydrogen-bond donors (Lipinski definition) is 1. The van der Waals surface area contributed by atoms with Gasteiger partial charge in [0.05, 0.1) is 0 Å². The first-order chi connectivity index (χ1) is 5.41. The Morgan fingerprint density at radius 3 is 2.25 bits per heavy atom. The van der Waals surface area contributed by atoms with E-state index in [4.69, 9.17) is 12.6 Å². The highest BCUT2D eigenvalue weighted by molar-refractivity contribution is 7.80. The first-order valence-corrected chi connectivity index (χ1v) is 4.32. The average molecular weight is 181 g/mol. The fraction of sp³-hybridized carbons (Fsp3) is 0.400. The van der Waals surface area contributed by atoms with Crippen LogP contribution in [-0.4, -0.2) is 5.11 Å². The van der Waals surface area contributed by atoms with Crippen LogP contribution in [0.4, 0.5) is 0 Å². The van der Waals surface area contributed by atoms with Crippen LogP contribution in [0.1, 0.15) is 26.3 Å². The molecule has 0 saturated heterocycles. The first-order valence-electron chi connectivity index (χ1n) is 3.92. The third kappa shape index (κ3) is 1.89. The first kappa shape index (κ1) is 9.33. The molecule has 0 aliphatic rings. The summed E-state index contributed by atoms with van der Waals surface area (Å²) < 4.78 is 0. The Morgan fingerprint density at radius 1 is 1.25 bits per heavy atom. The van der Waals surface area contributed by atoms with Gasteiger partial charge in [0.1, 0.15) is 5.75 Å². The molecule has 0 spiro atoms. The maximum Gasteiger partial charge on any atom is 0.115 e. The largest absolute Gasteiger partial charge is 0.508 e. The number of aromatic hydroxyl groups is 1. The van der Waals surface area contributed by atoms with Crippen molar-refractivity contribution in [3.8, 4) is 5.75 Å². The summed E-state index contributed by atoms with van der Waals surface area (Å²) in [6.07, 6.45) is 0. The van der Waals surface area contributed by atoms with Crippen LogP contribution in [0.25, 0.3) is 0 Å². The second-order valence-corrected chi connectivity index (χ2v) is 4.37. The molecule has 2 heteroatoms. The fourth-order valence-electron chi connectivity index (χ4n) is 1.10. The number of hydrogen-bond acceptors (Lipinski definition) is 1. The van der Waals surface area contributed by atoms with Gasteiger partial charge in [-0.2, -0.15) is 0 Å². The van der Waals surface area contributed by atoms with Crippen LogP contribution in [0.5, 0.6) is 5.75 Å². The van der Waals surface area contributed by atoms with Crippen LogP contribution in [0.15, 0.2) is 23.1 Å². The predicted octanol–water partition coefficient (Wildman–Crippen LogP) is 3.25. The highest BCUT2D eigenvalue weighted by Gasteiger charge is 2.17. The highest BCUT2D eigenvalue weighted by Crippen LogP contribution is 2.30. The molecule has 0 amide bonds. The molecular weight excluding hydrogens is 168 g/mol. The molecule has 0 atom stereocenters. The van der Waals surface area contributed by atoms with Crippen molar-refractivity contribution in [1.82, 2.24) is 0 Å². The van der Waals surface area contributed by atoms with E-state index in [0.29, 0.717) is 0 Å². The lowest BCUT2D eigenvalue weighted by Crippen LogP contribution is -2.11. The zero-order valence-corrected chi connectivity index (χ0v) is 8.40. The number of phenolic OH excluding ortho intramolecular Hbond substituents is 1. The molecule has 0 heterocycles. The van der Waals surface area contributed by atoms with Gasteiger partial charge < -0.3 is 5.11 Å². The zero-order chi connectivity index (χ0) is 9.35. The van der Waals surface area contributed by atoms with Crippen molar-refractivity contribution in [2.45, 2.75) is 31.1 Å². The predicted molar refractivity (Wildman–Crippen MR) is 52.7 cm³/mol. The van der Waals surface area contributed by atoms with Crippen LogP contribution in [0, 0.1) is 0 Å². The van der Waals surface area contributed by atoms with Crippen molar-refractivity contribution < 1.29 is 5.11 Å². The molecular formula is C10H13OS. The van der Waals surface area contributed by atoms with Crippen molar-refractivity contribution in [1.29, 1.82) is 0 Å². The van der Waals surface area contributed by atoms with Crippen molar-refractivity contribution in [3.05, 3.63) is 23.8 Å². The minimum absolute atomic E-state index is 0.00975. The van der Waals surface area contributed by atoms with Gasteiger partial charge in [-0.15, -0.1) is 0 Å². The van der Waals surface area contributed by atoms with Crippen LogP contribution in [0.2, 0.25) is 0 Å². The lowest BCUT2D eigenvalue weighted by molar-refractivity contribution is 0.469. The average Bonchev–Trinajstić information content (AvgIpc) is 1.92. The number of benzene rings is 1. The fourth-order valence-corrected chi connectivity index (χ4v) is 1.54. The molecule has 1 nitrogen and oxygen atoms in total. The Balaban J connectivity index is 3.23. The Morgan fingerprint density at radius 2 is 1.83 bits per heavy atom. The summed E-state index contributed by atoms with van der Waals surface area (Å²) in [6.45, 7) is 6.24. The smallest absolute Gasteiger partial charge is 0.115 e. The Labute approximate surface area is 78.8 Å². The third-order valence-corrected chi connectivity index (χ3v) is 2.13. The molecule has 0 unspecified atom stereocenters. The molecule has 1 N–H and O–H groups in total. The van der Waals surface area contributed by atoms with Crippen molar-refractivity contribution in [2.24, 2.45) is 0 Å². The molecule has 0 fully saturated rings. The molecule has 1 aromatic carbocycles. The van der Waals surface area contributed by atoms with Crippen LogP contribution < -0.4 is 0 Å². The quantitative estimate of drug-likeness (QED) is 0.651. The van der Waals surface area contributed by atoms with E-state index in [0.717, 1.165) is 10.5 Å². The van der Waals surface area contributed by atoms with Crippen LogP contribution >= 0.6 is 12.6 Å². The second kappa shape index (κ2) is 2.94. The summed E-state index contributed by atoms with van der Waals surface area (Å²) in [6, 6.07) is 5.13. The van der Waals surface area contributed by atoms with Gasteiger partial charge in [0.15, 0.2) is 0 Å². The summed E-state index contributed by atoms with van der Waals surface area (Å²) in [4.78, 5) is 0.820. The topological polar surface area (TPSA) is 20.2 Å². The van der Waals surface area contributed by atoms with Gasteiger partial charge in [-0.1, -0.05) is 33.4 Å². The summed E-state index contributed by atoms with van der Waals surface area (Å²) >= 11 is 5.15. The van der Waals surface area contributed by atoms with Gasteiger partial charge in [-0.3, -0.25) is 0 Å². The van der Waals surface area contributed by atoms with E-state index in [1.54, 1.807) is 18.2 Å². The third-order valence-electron chi connectivity index (χ3n) is 1.77. The molecule has 1 radical (unpaired) electrons. The van der Waals surface area contributed by atoms with E-state index in [-0.39, 0.29) is 11.2 Å². The summed E-state index contributed by atoms with van der Waals surface area (Å²) in [7, 11) is 0. The van der Waals surface area contributed by atoms with Gasteiger partial charge in [-0.05, 0) is 29.2 Å². The van der Waals surface area contributed by atoms with Gasteiger partial charge in [-0.25, -0.2) is 0 Å². The minimum atomic E-state index is 0.00975. The summed E-state index contributed by atoms with van der Waals surface area (Å²) in [5.74, 6) is 0.286. The molecule has 0 aromatic heterocycles. The van der Waals surface area contributed by atoms with E-state index in [2.05, 4.69) is 20.8 Å². The number of phenols is 1. The lowest BCUT2D eigenvalue weighted by atomic mass is 9.87.